The molecule has 1 aromatic rings. The fourth-order valence-electron chi connectivity index (χ4n) is 2.47. The van der Waals surface area contributed by atoms with Gasteiger partial charge in [0.2, 0.25) is 5.91 Å². The van der Waals surface area contributed by atoms with Crippen LogP contribution in [0.2, 0.25) is 0 Å². The van der Waals surface area contributed by atoms with E-state index in [1.807, 2.05) is 0 Å². The van der Waals surface area contributed by atoms with Gasteiger partial charge in [0.25, 0.3) is 5.69 Å². The average Bonchev–Trinajstić information content (AvgIpc) is 2.38. The number of aryl methyl sites for hydroxylation is 1. The molecule has 1 saturated heterocycles. The molecule has 2 rings (SSSR count). The molecule has 1 aliphatic rings. The zero-order valence-electron chi connectivity index (χ0n) is 11.7. The summed E-state index contributed by atoms with van der Waals surface area (Å²) in [5, 5.41) is 16.8. The van der Waals surface area contributed by atoms with Crippen molar-refractivity contribution in [2.75, 3.05) is 11.9 Å². The molecule has 1 amide bonds. The van der Waals surface area contributed by atoms with Crippen LogP contribution in [0.3, 0.4) is 0 Å². The number of benzene rings is 1. The van der Waals surface area contributed by atoms with Gasteiger partial charge < -0.3 is 10.6 Å². The molecule has 20 heavy (non-hydrogen) atoms. The van der Waals surface area contributed by atoms with Gasteiger partial charge in [0.1, 0.15) is 0 Å². The number of nitro benzene ring substituents is 1. The highest BCUT2D eigenvalue weighted by atomic mass is 16.6. The molecule has 2 unspecified atom stereocenters. The number of hydrogen-bond donors (Lipinski definition) is 2. The minimum absolute atomic E-state index is 0.0624. The molecular formula is C14H19N3O3. The summed E-state index contributed by atoms with van der Waals surface area (Å²) < 4.78 is 0. The van der Waals surface area contributed by atoms with E-state index in [2.05, 4.69) is 17.6 Å². The molecule has 0 aromatic heterocycles. The first-order valence-corrected chi connectivity index (χ1v) is 6.76. The van der Waals surface area contributed by atoms with E-state index in [0.29, 0.717) is 17.2 Å². The SMILES string of the molecule is Cc1cc(NC(=O)C2CC(C)CCN2)ccc1[N+](=O)[O-]. The highest BCUT2D eigenvalue weighted by molar-refractivity contribution is 5.95. The van der Waals surface area contributed by atoms with Crippen LogP contribution in [0.25, 0.3) is 0 Å². The molecule has 1 fully saturated rings. The van der Waals surface area contributed by atoms with Crippen LogP contribution >= 0.6 is 0 Å². The van der Waals surface area contributed by atoms with Gasteiger partial charge in [0.15, 0.2) is 0 Å². The molecule has 1 aromatic carbocycles. The van der Waals surface area contributed by atoms with Crippen molar-refractivity contribution in [3.8, 4) is 0 Å². The third-order valence-corrected chi connectivity index (χ3v) is 3.64. The number of hydrogen-bond acceptors (Lipinski definition) is 4. The third kappa shape index (κ3) is 3.33. The predicted molar refractivity (Wildman–Crippen MR) is 76.7 cm³/mol. The van der Waals surface area contributed by atoms with Crippen LogP contribution in [-0.2, 0) is 4.79 Å². The Morgan fingerprint density at radius 2 is 2.25 bits per heavy atom. The first-order valence-electron chi connectivity index (χ1n) is 6.76. The van der Waals surface area contributed by atoms with Gasteiger partial charge in [-0.25, -0.2) is 0 Å². The number of nitro groups is 1. The lowest BCUT2D eigenvalue weighted by Gasteiger charge is -2.27. The van der Waals surface area contributed by atoms with Crippen molar-refractivity contribution in [3.05, 3.63) is 33.9 Å². The molecule has 0 spiro atoms. The van der Waals surface area contributed by atoms with Gasteiger partial charge in [-0.15, -0.1) is 0 Å². The van der Waals surface area contributed by atoms with Crippen LogP contribution in [-0.4, -0.2) is 23.4 Å². The van der Waals surface area contributed by atoms with Crippen LogP contribution in [0.1, 0.15) is 25.3 Å². The van der Waals surface area contributed by atoms with Gasteiger partial charge in [-0.05, 0) is 44.4 Å². The normalized spacial score (nSPS) is 22.3. The van der Waals surface area contributed by atoms with Crippen LogP contribution < -0.4 is 10.6 Å². The molecule has 6 nitrogen and oxygen atoms in total. The lowest BCUT2D eigenvalue weighted by Crippen LogP contribution is -2.45. The van der Waals surface area contributed by atoms with Crippen molar-refractivity contribution in [1.29, 1.82) is 0 Å². The van der Waals surface area contributed by atoms with Crippen LogP contribution in [0, 0.1) is 23.0 Å². The Hall–Kier alpha value is -1.95. The minimum atomic E-state index is -0.425. The largest absolute Gasteiger partial charge is 0.325 e. The van der Waals surface area contributed by atoms with Crippen molar-refractivity contribution < 1.29 is 9.72 Å². The molecule has 108 valence electrons. The summed E-state index contributed by atoms with van der Waals surface area (Å²) in [5.74, 6) is 0.454. The Kier molecular flexibility index (Phi) is 4.34. The highest BCUT2D eigenvalue weighted by Gasteiger charge is 2.24. The molecule has 0 aliphatic carbocycles. The third-order valence-electron chi connectivity index (χ3n) is 3.64. The first kappa shape index (κ1) is 14.5. The number of anilines is 1. The molecule has 1 heterocycles. The maximum Gasteiger partial charge on any atom is 0.272 e. The van der Waals surface area contributed by atoms with E-state index in [1.54, 1.807) is 19.1 Å². The zero-order chi connectivity index (χ0) is 14.7. The summed E-state index contributed by atoms with van der Waals surface area (Å²) in [4.78, 5) is 22.5. The average molecular weight is 277 g/mol. The molecule has 0 saturated carbocycles. The maximum atomic E-state index is 12.1. The second kappa shape index (κ2) is 6.00. The second-order valence-corrected chi connectivity index (χ2v) is 5.38. The number of nitrogens with one attached hydrogen (secondary N) is 2. The van der Waals surface area contributed by atoms with Crippen molar-refractivity contribution in [2.45, 2.75) is 32.7 Å². The van der Waals surface area contributed by atoms with Crippen LogP contribution in [0.4, 0.5) is 11.4 Å². The minimum Gasteiger partial charge on any atom is -0.325 e. The summed E-state index contributed by atoms with van der Waals surface area (Å²) >= 11 is 0. The molecule has 0 bridgehead atoms. The van der Waals surface area contributed by atoms with Gasteiger partial charge in [-0.3, -0.25) is 14.9 Å². The van der Waals surface area contributed by atoms with Crippen LogP contribution in [0.15, 0.2) is 18.2 Å². The number of nitrogens with zero attached hydrogens (tertiary/aromatic N) is 1. The molecule has 0 radical (unpaired) electrons. The molecule has 6 heteroatoms. The van der Waals surface area contributed by atoms with E-state index in [-0.39, 0.29) is 17.6 Å². The van der Waals surface area contributed by atoms with Gasteiger partial charge in [0, 0.05) is 17.3 Å². The van der Waals surface area contributed by atoms with Gasteiger partial charge in [0.05, 0.1) is 11.0 Å². The lowest BCUT2D eigenvalue weighted by atomic mass is 9.94. The van der Waals surface area contributed by atoms with E-state index in [0.717, 1.165) is 19.4 Å². The van der Waals surface area contributed by atoms with Crippen molar-refractivity contribution in [1.82, 2.24) is 5.32 Å². The Balaban J connectivity index is 2.04. The smallest absolute Gasteiger partial charge is 0.272 e. The monoisotopic (exact) mass is 277 g/mol. The zero-order valence-corrected chi connectivity index (χ0v) is 11.7. The summed E-state index contributed by atoms with van der Waals surface area (Å²) in [6.45, 7) is 4.64. The highest BCUT2D eigenvalue weighted by Crippen LogP contribution is 2.22. The summed E-state index contributed by atoms with van der Waals surface area (Å²) in [6, 6.07) is 4.42. The predicted octanol–water partition coefficient (Wildman–Crippen LogP) is 2.23. The van der Waals surface area contributed by atoms with Gasteiger partial charge in [-0.1, -0.05) is 6.92 Å². The molecule has 2 atom stereocenters. The maximum absolute atomic E-state index is 12.1. The quantitative estimate of drug-likeness (QED) is 0.655. The Morgan fingerprint density at radius 1 is 1.50 bits per heavy atom. The van der Waals surface area contributed by atoms with E-state index in [9.17, 15) is 14.9 Å². The van der Waals surface area contributed by atoms with Crippen molar-refractivity contribution in [3.63, 3.8) is 0 Å². The number of carbonyl (C=O) groups is 1. The summed E-state index contributed by atoms with van der Waals surface area (Å²) in [5.41, 5.74) is 1.20. The molecule has 2 N–H and O–H groups in total. The van der Waals surface area contributed by atoms with E-state index >= 15 is 0 Å². The first-order chi connectivity index (χ1) is 9.47. The van der Waals surface area contributed by atoms with E-state index < -0.39 is 4.92 Å². The molecule has 1 aliphatic heterocycles. The molecular weight excluding hydrogens is 258 g/mol. The van der Waals surface area contributed by atoms with Gasteiger partial charge >= 0.3 is 0 Å². The topological polar surface area (TPSA) is 84.3 Å². The Bertz CT molecular complexity index is 530. The Morgan fingerprint density at radius 3 is 2.85 bits per heavy atom. The van der Waals surface area contributed by atoms with Crippen molar-refractivity contribution >= 4 is 17.3 Å². The number of rotatable bonds is 3. The fourth-order valence-corrected chi connectivity index (χ4v) is 2.47. The summed E-state index contributed by atoms with van der Waals surface area (Å²) in [7, 11) is 0. The van der Waals surface area contributed by atoms with E-state index in [1.165, 1.54) is 6.07 Å². The van der Waals surface area contributed by atoms with E-state index in [4.69, 9.17) is 0 Å². The lowest BCUT2D eigenvalue weighted by molar-refractivity contribution is -0.385. The van der Waals surface area contributed by atoms with Crippen molar-refractivity contribution in [2.24, 2.45) is 5.92 Å². The Labute approximate surface area is 117 Å². The standard InChI is InChI=1S/C14H19N3O3/c1-9-5-6-15-12(7-9)14(18)16-11-3-4-13(17(19)20)10(2)8-11/h3-4,8-9,12,15H,5-7H2,1-2H3,(H,16,18). The number of amides is 1. The second-order valence-electron chi connectivity index (χ2n) is 5.38. The number of piperidine rings is 1. The van der Waals surface area contributed by atoms with Crippen LogP contribution in [0.5, 0.6) is 0 Å². The van der Waals surface area contributed by atoms with Gasteiger partial charge in [-0.2, -0.15) is 0 Å². The fraction of sp³-hybridized carbons (Fsp3) is 0.500. The number of carbonyl (C=O) groups excluding carboxylic acids is 1. The summed E-state index contributed by atoms with van der Waals surface area (Å²) in [6.07, 6.45) is 1.90.